The molecule has 0 bridgehead atoms. The summed E-state index contributed by atoms with van der Waals surface area (Å²) in [6, 6.07) is -0.506. The van der Waals surface area contributed by atoms with E-state index in [1.165, 1.54) is 11.9 Å². The smallest absolute Gasteiger partial charge is 0.263 e. The third-order valence-electron chi connectivity index (χ3n) is 4.42. The Morgan fingerprint density at radius 1 is 1.27 bits per heavy atom. The van der Waals surface area contributed by atoms with Gasteiger partial charge in [-0.1, -0.05) is 32.1 Å². The molecule has 1 aliphatic carbocycles. The molecule has 0 aromatic heterocycles. The van der Waals surface area contributed by atoms with E-state index in [2.05, 4.69) is 5.32 Å². The van der Waals surface area contributed by atoms with E-state index in [1.807, 2.05) is 0 Å². The highest BCUT2D eigenvalue weighted by Crippen LogP contribution is 2.31. The molecule has 22 heavy (non-hydrogen) atoms. The topological polar surface area (TPSA) is 98.7 Å². The minimum atomic E-state index is -0.758. The van der Waals surface area contributed by atoms with E-state index in [0.29, 0.717) is 12.8 Å². The van der Waals surface area contributed by atoms with Gasteiger partial charge in [-0.05, 0) is 19.8 Å². The summed E-state index contributed by atoms with van der Waals surface area (Å²) in [6.45, 7) is 1.28. The van der Waals surface area contributed by atoms with Gasteiger partial charge in [0.1, 0.15) is 6.54 Å². The van der Waals surface area contributed by atoms with Gasteiger partial charge in [0.25, 0.3) is 5.91 Å². The number of imide groups is 1. The Kier molecular flexibility index (Phi) is 6.77. The first kappa shape index (κ1) is 18.9. The van der Waals surface area contributed by atoms with Crippen molar-refractivity contribution in [3.63, 3.8) is 0 Å². The maximum Gasteiger partial charge on any atom is 0.263 e. The van der Waals surface area contributed by atoms with Crippen LogP contribution in [0, 0.1) is 0 Å². The predicted octanol–water partition coefficient (Wildman–Crippen LogP) is 0.744. The van der Waals surface area contributed by atoms with E-state index < -0.39 is 29.9 Å². The SMILES string of the molecule is C[C@@H]1NC2(CCCCCCC2)C(=O)N(CC(=O)NO)C1=O.Cl. The maximum absolute atomic E-state index is 12.8. The van der Waals surface area contributed by atoms with E-state index in [0.717, 1.165) is 30.6 Å². The number of carbonyl (C=O) groups is 3. The van der Waals surface area contributed by atoms with Crippen LogP contribution in [0.5, 0.6) is 0 Å². The minimum absolute atomic E-state index is 0. The first-order chi connectivity index (χ1) is 10.00. The molecule has 0 aromatic rings. The zero-order valence-corrected chi connectivity index (χ0v) is 13.6. The average molecular weight is 334 g/mol. The van der Waals surface area contributed by atoms with Crippen LogP contribution in [0.25, 0.3) is 0 Å². The highest BCUT2D eigenvalue weighted by molar-refractivity contribution is 6.06. The van der Waals surface area contributed by atoms with Crippen LogP contribution in [-0.2, 0) is 14.4 Å². The molecule has 0 radical (unpaired) electrons. The lowest BCUT2D eigenvalue weighted by molar-refractivity contribution is -0.160. The van der Waals surface area contributed by atoms with Crippen LogP contribution in [0.1, 0.15) is 51.9 Å². The zero-order valence-electron chi connectivity index (χ0n) is 12.8. The van der Waals surface area contributed by atoms with Gasteiger partial charge in [0.15, 0.2) is 0 Å². The van der Waals surface area contributed by atoms with E-state index in [9.17, 15) is 14.4 Å². The van der Waals surface area contributed by atoms with Gasteiger partial charge in [-0.25, -0.2) is 5.48 Å². The number of carbonyl (C=O) groups excluding carboxylic acids is 3. The first-order valence-corrected chi connectivity index (χ1v) is 7.56. The lowest BCUT2D eigenvalue weighted by atomic mass is 9.80. The standard InChI is InChI=1S/C14H23N3O4.ClH/c1-10-12(19)17(9-11(18)16-21)13(20)14(15-10)7-5-3-2-4-6-8-14;/h10,15,21H,2-9H2,1H3,(H,16,18);1H/t10-;/m0./s1. The van der Waals surface area contributed by atoms with Crippen LogP contribution in [-0.4, -0.2) is 46.0 Å². The molecule has 1 heterocycles. The molecule has 2 fully saturated rings. The van der Waals surface area contributed by atoms with Crippen LogP contribution in [0.2, 0.25) is 0 Å². The van der Waals surface area contributed by atoms with Gasteiger partial charge in [0.2, 0.25) is 11.8 Å². The molecule has 0 aromatic carbocycles. The van der Waals surface area contributed by atoms with Crippen molar-refractivity contribution in [2.45, 2.75) is 63.5 Å². The second-order valence-corrected chi connectivity index (χ2v) is 5.98. The number of hydrogen-bond acceptors (Lipinski definition) is 5. The molecule has 0 unspecified atom stereocenters. The monoisotopic (exact) mass is 333 g/mol. The maximum atomic E-state index is 12.8. The number of hydroxylamine groups is 1. The normalized spacial score (nSPS) is 25.2. The van der Waals surface area contributed by atoms with Crippen molar-refractivity contribution in [3.05, 3.63) is 0 Å². The molecule has 1 saturated heterocycles. The Morgan fingerprint density at radius 2 is 1.82 bits per heavy atom. The molecule has 1 spiro atoms. The Hall–Kier alpha value is -1.18. The van der Waals surface area contributed by atoms with E-state index in [1.54, 1.807) is 6.92 Å². The summed E-state index contributed by atoms with van der Waals surface area (Å²) in [5, 5.41) is 11.8. The van der Waals surface area contributed by atoms with E-state index >= 15 is 0 Å². The van der Waals surface area contributed by atoms with E-state index in [4.69, 9.17) is 5.21 Å². The van der Waals surface area contributed by atoms with Gasteiger partial charge in [-0.2, -0.15) is 0 Å². The predicted molar refractivity (Wildman–Crippen MR) is 81.5 cm³/mol. The molecule has 1 aliphatic heterocycles. The van der Waals surface area contributed by atoms with Crippen molar-refractivity contribution in [1.82, 2.24) is 15.7 Å². The lowest BCUT2D eigenvalue weighted by Gasteiger charge is -2.44. The Morgan fingerprint density at radius 3 is 2.36 bits per heavy atom. The number of nitrogens with one attached hydrogen (secondary N) is 2. The highest BCUT2D eigenvalue weighted by Gasteiger charge is 2.49. The largest absolute Gasteiger partial charge is 0.292 e. The van der Waals surface area contributed by atoms with Crippen molar-refractivity contribution in [2.24, 2.45) is 0 Å². The van der Waals surface area contributed by atoms with Crippen LogP contribution in [0.4, 0.5) is 0 Å². The molecule has 8 heteroatoms. The second-order valence-electron chi connectivity index (χ2n) is 5.98. The fraction of sp³-hybridized carbons (Fsp3) is 0.786. The summed E-state index contributed by atoms with van der Waals surface area (Å²) >= 11 is 0. The van der Waals surface area contributed by atoms with Crippen LogP contribution >= 0.6 is 12.4 Å². The Balaban J connectivity index is 0.00000242. The van der Waals surface area contributed by atoms with E-state index in [-0.39, 0.29) is 18.3 Å². The molecule has 126 valence electrons. The van der Waals surface area contributed by atoms with Crippen LogP contribution < -0.4 is 10.8 Å². The van der Waals surface area contributed by atoms with Crippen molar-refractivity contribution in [3.8, 4) is 0 Å². The molecule has 1 saturated carbocycles. The zero-order chi connectivity index (χ0) is 15.5. The molecular weight excluding hydrogens is 310 g/mol. The van der Waals surface area contributed by atoms with Crippen molar-refractivity contribution >= 4 is 30.1 Å². The van der Waals surface area contributed by atoms with Gasteiger partial charge >= 0.3 is 0 Å². The van der Waals surface area contributed by atoms with Gasteiger partial charge < -0.3 is 0 Å². The summed E-state index contributed by atoms with van der Waals surface area (Å²) < 4.78 is 0. The molecule has 3 N–H and O–H groups in total. The Bertz CT molecular complexity index is 436. The first-order valence-electron chi connectivity index (χ1n) is 7.56. The van der Waals surface area contributed by atoms with Gasteiger partial charge in [0.05, 0.1) is 11.6 Å². The summed E-state index contributed by atoms with van der Waals surface area (Å²) in [7, 11) is 0. The van der Waals surface area contributed by atoms with Gasteiger partial charge in [0, 0.05) is 0 Å². The summed E-state index contributed by atoms with van der Waals surface area (Å²) in [6.07, 6.45) is 6.56. The minimum Gasteiger partial charge on any atom is -0.292 e. The van der Waals surface area contributed by atoms with Gasteiger partial charge in [-0.3, -0.25) is 29.8 Å². The third kappa shape index (κ3) is 3.77. The molecule has 2 aliphatic rings. The summed E-state index contributed by atoms with van der Waals surface area (Å²) in [5.41, 5.74) is 0.730. The third-order valence-corrected chi connectivity index (χ3v) is 4.42. The van der Waals surface area contributed by atoms with Crippen molar-refractivity contribution in [1.29, 1.82) is 0 Å². The number of rotatable bonds is 2. The summed E-state index contributed by atoms with van der Waals surface area (Å²) in [4.78, 5) is 37.2. The summed E-state index contributed by atoms with van der Waals surface area (Å²) in [5.74, 6) is -1.51. The second kappa shape index (κ2) is 7.89. The number of amides is 3. The van der Waals surface area contributed by atoms with Gasteiger partial charge in [-0.15, -0.1) is 12.4 Å². The van der Waals surface area contributed by atoms with Crippen molar-refractivity contribution in [2.75, 3.05) is 6.54 Å². The molecule has 7 nitrogen and oxygen atoms in total. The molecule has 1 atom stereocenters. The fourth-order valence-corrected chi connectivity index (χ4v) is 3.33. The lowest BCUT2D eigenvalue weighted by Crippen LogP contribution is -2.70. The number of hydrogen-bond donors (Lipinski definition) is 3. The van der Waals surface area contributed by atoms with Crippen LogP contribution in [0.3, 0.4) is 0 Å². The number of nitrogens with zero attached hydrogens (tertiary/aromatic N) is 1. The Labute approximate surface area is 136 Å². The van der Waals surface area contributed by atoms with Crippen molar-refractivity contribution < 1.29 is 19.6 Å². The van der Waals surface area contributed by atoms with Crippen LogP contribution in [0.15, 0.2) is 0 Å². The quantitative estimate of drug-likeness (QED) is 0.393. The molecule has 3 amide bonds. The number of halogens is 1. The number of piperazine rings is 1. The molecular formula is C14H24ClN3O4. The average Bonchev–Trinajstić information content (AvgIpc) is 2.44. The fourth-order valence-electron chi connectivity index (χ4n) is 3.33. The molecule has 2 rings (SSSR count). The highest BCUT2D eigenvalue weighted by atomic mass is 35.5.